The van der Waals surface area contributed by atoms with Crippen LogP contribution in [0.5, 0.6) is 0 Å². The first-order chi connectivity index (χ1) is 8.24. The van der Waals surface area contributed by atoms with Crippen molar-refractivity contribution in [1.82, 2.24) is 5.01 Å². The van der Waals surface area contributed by atoms with E-state index in [2.05, 4.69) is 36.3 Å². The van der Waals surface area contributed by atoms with E-state index in [-0.39, 0.29) is 11.8 Å². The van der Waals surface area contributed by atoms with Crippen molar-refractivity contribution in [2.75, 3.05) is 11.5 Å². The third-order valence-electron chi connectivity index (χ3n) is 3.19. The van der Waals surface area contributed by atoms with Crippen LogP contribution in [0.2, 0.25) is 0 Å². The molecular weight excluding hydrogens is 232 g/mol. The van der Waals surface area contributed by atoms with Gasteiger partial charge in [-0.05, 0) is 12.5 Å². The van der Waals surface area contributed by atoms with Crippen molar-refractivity contribution in [3.8, 4) is 0 Å². The molecule has 0 aromatic heterocycles. The summed E-state index contributed by atoms with van der Waals surface area (Å²) in [6.45, 7) is 2.66. The lowest BCUT2D eigenvalue weighted by atomic mass is 10.1. The zero-order chi connectivity index (χ0) is 11.8. The Morgan fingerprint density at radius 1 is 1.41 bits per heavy atom. The van der Waals surface area contributed by atoms with E-state index in [0.29, 0.717) is 6.54 Å². The number of hydrogen-bond acceptors (Lipinski definition) is 3. The van der Waals surface area contributed by atoms with Crippen molar-refractivity contribution in [2.24, 2.45) is 11.0 Å². The van der Waals surface area contributed by atoms with E-state index in [4.69, 9.17) is 0 Å². The topological polar surface area (TPSA) is 32.7 Å². The maximum Gasteiger partial charge on any atom is 0.252 e. The first-order valence-corrected chi connectivity index (χ1v) is 6.91. The van der Waals surface area contributed by atoms with Crippen LogP contribution >= 0.6 is 11.8 Å². The number of carbonyl (C=O) groups is 1. The zero-order valence-electron chi connectivity index (χ0n) is 9.72. The molecule has 1 amide bonds. The highest BCUT2D eigenvalue weighted by Gasteiger charge is 2.38. The van der Waals surface area contributed by atoms with Gasteiger partial charge in [-0.25, -0.2) is 5.01 Å². The van der Waals surface area contributed by atoms with E-state index in [1.54, 1.807) is 16.8 Å². The van der Waals surface area contributed by atoms with Crippen molar-refractivity contribution >= 4 is 23.4 Å². The van der Waals surface area contributed by atoms with Gasteiger partial charge < -0.3 is 0 Å². The van der Waals surface area contributed by atoms with E-state index in [1.807, 2.05) is 0 Å². The number of benzene rings is 1. The van der Waals surface area contributed by atoms with Crippen LogP contribution in [-0.2, 0) is 11.3 Å². The van der Waals surface area contributed by atoms with Gasteiger partial charge in [-0.1, -0.05) is 29.8 Å². The van der Waals surface area contributed by atoms with Crippen molar-refractivity contribution in [3.63, 3.8) is 0 Å². The molecule has 0 N–H and O–H groups in total. The Hall–Kier alpha value is -1.29. The van der Waals surface area contributed by atoms with Gasteiger partial charge in [0.15, 0.2) is 0 Å². The molecule has 0 radical (unpaired) electrons. The predicted molar refractivity (Wildman–Crippen MR) is 70.0 cm³/mol. The molecule has 88 valence electrons. The Bertz CT molecular complexity index is 481. The third-order valence-corrected chi connectivity index (χ3v) is 4.26. The SMILES string of the molecule is Cc1ccc(CN2N=C3CSCC3C2=O)cc1. The largest absolute Gasteiger partial charge is 0.272 e. The number of aryl methyl sites for hydroxylation is 1. The summed E-state index contributed by atoms with van der Waals surface area (Å²) in [5, 5.41) is 6.06. The van der Waals surface area contributed by atoms with Crippen molar-refractivity contribution in [3.05, 3.63) is 35.4 Å². The highest BCUT2D eigenvalue weighted by atomic mass is 32.2. The summed E-state index contributed by atoms with van der Waals surface area (Å²) in [6, 6.07) is 8.26. The van der Waals surface area contributed by atoms with Gasteiger partial charge in [0.1, 0.15) is 0 Å². The number of hydrazone groups is 1. The molecule has 1 fully saturated rings. The smallest absolute Gasteiger partial charge is 0.252 e. The summed E-state index contributed by atoms with van der Waals surface area (Å²) in [7, 11) is 0. The molecule has 2 aliphatic rings. The van der Waals surface area contributed by atoms with Crippen LogP contribution < -0.4 is 0 Å². The van der Waals surface area contributed by atoms with Gasteiger partial charge in [0, 0.05) is 11.5 Å². The first kappa shape index (κ1) is 10.8. The Kier molecular flexibility index (Phi) is 2.67. The lowest BCUT2D eigenvalue weighted by molar-refractivity contribution is -0.131. The fourth-order valence-corrected chi connectivity index (χ4v) is 3.31. The number of nitrogens with zero attached hydrogens (tertiary/aromatic N) is 2. The molecule has 0 aliphatic carbocycles. The van der Waals surface area contributed by atoms with E-state index >= 15 is 0 Å². The average Bonchev–Trinajstić information content (AvgIpc) is 2.87. The zero-order valence-corrected chi connectivity index (χ0v) is 10.5. The molecule has 3 nitrogen and oxygen atoms in total. The van der Waals surface area contributed by atoms with Gasteiger partial charge in [0.2, 0.25) is 0 Å². The van der Waals surface area contributed by atoms with Crippen molar-refractivity contribution in [2.45, 2.75) is 13.5 Å². The lowest BCUT2D eigenvalue weighted by Gasteiger charge is -2.13. The quantitative estimate of drug-likeness (QED) is 0.800. The molecule has 3 rings (SSSR count). The molecule has 0 bridgehead atoms. The molecule has 0 saturated carbocycles. The standard InChI is InChI=1S/C13H14N2OS/c1-9-2-4-10(5-3-9)6-15-13(16)11-7-17-8-12(11)14-15/h2-5,11H,6-8H2,1H3. The van der Waals surface area contributed by atoms with Crippen LogP contribution in [0.3, 0.4) is 0 Å². The van der Waals surface area contributed by atoms with Gasteiger partial charge in [0.05, 0.1) is 18.2 Å². The maximum atomic E-state index is 12.1. The minimum atomic E-state index is 0.0606. The Morgan fingerprint density at radius 2 is 2.18 bits per heavy atom. The molecule has 2 aliphatic heterocycles. The molecule has 1 unspecified atom stereocenters. The lowest BCUT2D eigenvalue weighted by Crippen LogP contribution is -2.27. The van der Waals surface area contributed by atoms with Gasteiger partial charge in [0.25, 0.3) is 5.91 Å². The van der Waals surface area contributed by atoms with Crippen molar-refractivity contribution in [1.29, 1.82) is 0 Å². The molecule has 1 saturated heterocycles. The van der Waals surface area contributed by atoms with Crippen molar-refractivity contribution < 1.29 is 4.79 Å². The van der Waals surface area contributed by atoms with E-state index in [0.717, 1.165) is 22.8 Å². The molecule has 1 aromatic rings. The average molecular weight is 246 g/mol. The van der Waals surface area contributed by atoms with E-state index in [9.17, 15) is 4.79 Å². The monoisotopic (exact) mass is 246 g/mol. The van der Waals surface area contributed by atoms with Gasteiger partial charge >= 0.3 is 0 Å². The van der Waals surface area contributed by atoms with Crippen LogP contribution in [0.4, 0.5) is 0 Å². The molecule has 1 aromatic carbocycles. The highest BCUT2D eigenvalue weighted by Crippen LogP contribution is 2.29. The molecular formula is C13H14N2OS. The first-order valence-electron chi connectivity index (χ1n) is 5.76. The van der Waals surface area contributed by atoms with E-state index < -0.39 is 0 Å². The number of fused-ring (bicyclic) bond motifs is 1. The Morgan fingerprint density at radius 3 is 2.88 bits per heavy atom. The second kappa shape index (κ2) is 4.18. The van der Waals surface area contributed by atoms with Crippen LogP contribution in [0.25, 0.3) is 0 Å². The molecule has 4 heteroatoms. The Balaban J connectivity index is 1.76. The number of amides is 1. The summed E-state index contributed by atoms with van der Waals surface area (Å²) in [6.07, 6.45) is 0. The van der Waals surface area contributed by atoms with Gasteiger partial charge in [-0.3, -0.25) is 4.79 Å². The summed E-state index contributed by atoms with van der Waals surface area (Å²) in [4.78, 5) is 12.1. The third kappa shape index (κ3) is 1.97. The van der Waals surface area contributed by atoms with Crippen LogP contribution in [-0.4, -0.2) is 28.1 Å². The van der Waals surface area contributed by atoms with Crippen LogP contribution in [0, 0.1) is 12.8 Å². The fraction of sp³-hybridized carbons (Fsp3) is 0.385. The highest BCUT2D eigenvalue weighted by molar-refractivity contribution is 8.00. The summed E-state index contributed by atoms with van der Waals surface area (Å²) in [5.74, 6) is 2.05. The molecule has 17 heavy (non-hydrogen) atoms. The second-order valence-corrected chi connectivity index (χ2v) is 5.57. The fourth-order valence-electron chi connectivity index (χ4n) is 2.15. The molecule has 1 atom stereocenters. The van der Waals surface area contributed by atoms with Crippen LogP contribution in [0.15, 0.2) is 29.4 Å². The van der Waals surface area contributed by atoms with Gasteiger partial charge in [-0.2, -0.15) is 16.9 Å². The second-order valence-electron chi connectivity index (χ2n) is 4.54. The minimum Gasteiger partial charge on any atom is -0.272 e. The number of hydrogen-bond donors (Lipinski definition) is 0. The molecule has 2 heterocycles. The summed E-state index contributed by atoms with van der Waals surface area (Å²) >= 11 is 1.80. The Labute approximate surface area is 105 Å². The predicted octanol–water partition coefficient (Wildman–Crippen LogP) is 2.06. The number of rotatable bonds is 2. The minimum absolute atomic E-state index is 0.0606. The van der Waals surface area contributed by atoms with E-state index in [1.165, 1.54) is 5.56 Å². The summed E-state index contributed by atoms with van der Waals surface area (Å²) in [5.41, 5.74) is 3.44. The van der Waals surface area contributed by atoms with Gasteiger partial charge in [-0.15, -0.1) is 0 Å². The maximum absolute atomic E-state index is 12.1. The van der Waals surface area contributed by atoms with Crippen LogP contribution in [0.1, 0.15) is 11.1 Å². The number of carbonyl (C=O) groups excluding carboxylic acids is 1. The summed E-state index contributed by atoms with van der Waals surface area (Å²) < 4.78 is 0. The molecule has 0 spiro atoms. The number of thioether (sulfide) groups is 1. The normalized spacial score (nSPS) is 22.9.